The molecule has 1 aromatic carbocycles. The molecule has 0 unspecified atom stereocenters. The van der Waals surface area contributed by atoms with Crippen LogP contribution >= 0.6 is 11.6 Å². The maximum absolute atomic E-state index is 6.17. The van der Waals surface area contributed by atoms with Gasteiger partial charge in [0.2, 0.25) is 0 Å². The highest BCUT2D eigenvalue weighted by atomic mass is 35.5. The standard InChI is InChI=1S/C14H18ClN3O/c1-9(16)11-4-6-12(7-5-11)19-8-13-14(15)10(2)17-18(13)3/h4-7,9H,8,16H2,1-3H3/t9-/m1/s1. The summed E-state index contributed by atoms with van der Waals surface area (Å²) in [6.45, 7) is 4.23. The molecule has 0 bridgehead atoms. The first-order valence-electron chi connectivity index (χ1n) is 6.15. The maximum atomic E-state index is 6.17. The molecule has 2 N–H and O–H groups in total. The Hall–Kier alpha value is -1.52. The SMILES string of the molecule is Cc1nn(C)c(COc2ccc([C@@H](C)N)cc2)c1Cl. The third-order valence-corrected chi connectivity index (χ3v) is 3.53. The summed E-state index contributed by atoms with van der Waals surface area (Å²) in [6, 6.07) is 7.79. The van der Waals surface area contributed by atoms with Gasteiger partial charge in [-0.2, -0.15) is 5.10 Å². The summed E-state index contributed by atoms with van der Waals surface area (Å²) in [6.07, 6.45) is 0. The summed E-state index contributed by atoms with van der Waals surface area (Å²) in [5.41, 5.74) is 8.57. The van der Waals surface area contributed by atoms with E-state index in [0.717, 1.165) is 22.7 Å². The summed E-state index contributed by atoms with van der Waals surface area (Å²) < 4.78 is 7.46. The van der Waals surface area contributed by atoms with Gasteiger partial charge in [-0.25, -0.2) is 0 Å². The zero-order valence-electron chi connectivity index (χ0n) is 11.4. The van der Waals surface area contributed by atoms with E-state index in [-0.39, 0.29) is 6.04 Å². The van der Waals surface area contributed by atoms with Gasteiger partial charge in [0.15, 0.2) is 0 Å². The topological polar surface area (TPSA) is 53.1 Å². The highest BCUT2D eigenvalue weighted by Crippen LogP contribution is 2.22. The Bertz CT molecular complexity index is 561. The van der Waals surface area contributed by atoms with Gasteiger partial charge in [-0.1, -0.05) is 23.7 Å². The summed E-state index contributed by atoms with van der Waals surface area (Å²) in [7, 11) is 1.86. The minimum atomic E-state index is 0.0308. The van der Waals surface area contributed by atoms with E-state index in [0.29, 0.717) is 11.6 Å². The molecule has 0 fully saturated rings. The lowest BCUT2D eigenvalue weighted by Crippen LogP contribution is -2.05. The van der Waals surface area contributed by atoms with Crippen molar-refractivity contribution in [2.75, 3.05) is 0 Å². The van der Waals surface area contributed by atoms with Crippen molar-refractivity contribution in [3.05, 3.63) is 46.2 Å². The molecule has 0 radical (unpaired) electrons. The van der Waals surface area contributed by atoms with Crippen molar-refractivity contribution in [2.45, 2.75) is 26.5 Å². The fourth-order valence-corrected chi connectivity index (χ4v) is 2.07. The predicted octanol–water partition coefficient (Wildman–Crippen LogP) is 2.98. The first-order chi connectivity index (χ1) is 8.99. The lowest BCUT2D eigenvalue weighted by Gasteiger charge is -2.09. The fourth-order valence-electron chi connectivity index (χ4n) is 1.86. The van der Waals surface area contributed by atoms with E-state index >= 15 is 0 Å². The summed E-state index contributed by atoms with van der Waals surface area (Å²) in [4.78, 5) is 0. The molecule has 0 spiro atoms. The normalized spacial score (nSPS) is 12.5. The molecule has 19 heavy (non-hydrogen) atoms. The Morgan fingerprint density at radius 3 is 2.47 bits per heavy atom. The lowest BCUT2D eigenvalue weighted by molar-refractivity contribution is 0.295. The van der Waals surface area contributed by atoms with Crippen molar-refractivity contribution in [1.29, 1.82) is 0 Å². The molecule has 2 aromatic rings. The Morgan fingerprint density at radius 1 is 1.37 bits per heavy atom. The second kappa shape index (κ2) is 5.63. The molecular weight excluding hydrogens is 262 g/mol. The molecule has 0 aliphatic heterocycles. The monoisotopic (exact) mass is 279 g/mol. The number of aryl methyl sites for hydroxylation is 2. The first-order valence-corrected chi connectivity index (χ1v) is 6.53. The number of ether oxygens (including phenoxy) is 1. The molecule has 1 atom stereocenters. The van der Waals surface area contributed by atoms with Crippen molar-refractivity contribution in [2.24, 2.45) is 12.8 Å². The van der Waals surface area contributed by atoms with Crippen LogP contribution in [0.4, 0.5) is 0 Å². The Kier molecular flexibility index (Phi) is 4.12. The number of hydrogen-bond donors (Lipinski definition) is 1. The van der Waals surface area contributed by atoms with Crippen molar-refractivity contribution >= 4 is 11.6 Å². The molecule has 0 amide bonds. The number of nitrogens with two attached hydrogens (primary N) is 1. The van der Waals surface area contributed by atoms with Crippen LogP contribution in [0.2, 0.25) is 5.02 Å². The molecule has 0 aliphatic rings. The van der Waals surface area contributed by atoms with Gasteiger partial charge in [0, 0.05) is 13.1 Å². The van der Waals surface area contributed by atoms with Crippen LogP contribution in [0.25, 0.3) is 0 Å². The molecular formula is C14H18ClN3O. The summed E-state index contributed by atoms with van der Waals surface area (Å²) in [5, 5.41) is 4.91. The molecule has 1 heterocycles. The van der Waals surface area contributed by atoms with Crippen LogP contribution in [0.1, 0.15) is 29.9 Å². The van der Waals surface area contributed by atoms with Gasteiger partial charge in [0.1, 0.15) is 12.4 Å². The Morgan fingerprint density at radius 2 is 2.00 bits per heavy atom. The van der Waals surface area contributed by atoms with Gasteiger partial charge in [-0.05, 0) is 31.5 Å². The van der Waals surface area contributed by atoms with Crippen LogP contribution in [0.5, 0.6) is 5.75 Å². The first kappa shape index (κ1) is 13.9. The Labute approximate surface area is 118 Å². The minimum absolute atomic E-state index is 0.0308. The van der Waals surface area contributed by atoms with Gasteiger partial charge in [0.25, 0.3) is 0 Å². The van der Waals surface area contributed by atoms with Gasteiger partial charge in [-0.3, -0.25) is 4.68 Å². The number of benzene rings is 1. The number of rotatable bonds is 4. The van der Waals surface area contributed by atoms with Crippen LogP contribution < -0.4 is 10.5 Å². The zero-order valence-corrected chi connectivity index (χ0v) is 12.1. The number of halogens is 1. The van der Waals surface area contributed by atoms with Crippen molar-refractivity contribution in [1.82, 2.24) is 9.78 Å². The van der Waals surface area contributed by atoms with E-state index in [2.05, 4.69) is 5.10 Å². The molecule has 4 nitrogen and oxygen atoms in total. The molecule has 0 saturated heterocycles. The molecule has 1 aromatic heterocycles. The summed E-state index contributed by atoms with van der Waals surface area (Å²) >= 11 is 6.17. The molecule has 5 heteroatoms. The van der Waals surface area contributed by atoms with Gasteiger partial charge >= 0.3 is 0 Å². The minimum Gasteiger partial charge on any atom is -0.487 e. The van der Waals surface area contributed by atoms with Crippen molar-refractivity contribution in [3.63, 3.8) is 0 Å². The number of aromatic nitrogens is 2. The third kappa shape index (κ3) is 3.08. The second-order valence-corrected chi connectivity index (χ2v) is 4.99. The average Bonchev–Trinajstić information content (AvgIpc) is 2.62. The number of hydrogen-bond acceptors (Lipinski definition) is 3. The van der Waals surface area contributed by atoms with Crippen LogP contribution in [0.15, 0.2) is 24.3 Å². The van der Waals surface area contributed by atoms with Gasteiger partial charge in [-0.15, -0.1) is 0 Å². The van der Waals surface area contributed by atoms with E-state index in [1.807, 2.05) is 45.2 Å². The lowest BCUT2D eigenvalue weighted by atomic mass is 10.1. The van der Waals surface area contributed by atoms with E-state index in [1.54, 1.807) is 4.68 Å². The maximum Gasteiger partial charge on any atom is 0.131 e. The van der Waals surface area contributed by atoms with Gasteiger partial charge in [0.05, 0.1) is 16.4 Å². The van der Waals surface area contributed by atoms with Crippen LogP contribution in [-0.4, -0.2) is 9.78 Å². The smallest absolute Gasteiger partial charge is 0.131 e. The molecule has 102 valence electrons. The van der Waals surface area contributed by atoms with Crippen LogP contribution in [-0.2, 0) is 13.7 Å². The molecule has 0 aliphatic carbocycles. The fraction of sp³-hybridized carbons (Fsp3) is 0.357. The Balaban J connectivity index is 2.06. The van der Waals surface area contributed by atoms with E-state index < -0.39 is 0 Å². The second-order valence-electron chi connectivity index (χ2n) is 4.62. The number of nitrogens with zero attached hydrogens (tertiary/aromatic N) is 2. The van der Waals surface area contributed by atoms with E-state index in [4.69, 9.17) is 22.1 Å². The van der Waals surface area contributed by atoms with Crippen LogP contribution in [0.3, 0.4) is 0 Å². The van der Waals surface area contributed by atoms with Crippen molar-refractivity contribution < 1.29 is 4.74 Å². The highest BCUT2D eigenvalue weighted by molar-refractivity contribution is 6.31. The predicted molar refractivity (Wildman–Crippen MR) is 76.3 cm³/mol. The molecule has 2 rings (SSSR count). The van der Waals surface area contributed by atoms with E-state index in [1.165, 1.54) is 0 Å². The quantitative estimate of drug-likeness (QED) is 0.936. The zero-order chi connectivity index (χ0) is 14.0. The highest BCUT2D eigenvalue weighted by Gasteiger charge is 2.11. The average molecular weight is 280 g/mol. The van der Waals surface area contributed by atoms with Crippen molar-refractivity contribution in [3.8, 4) is 5.75 Å². The third-order valence-electron chi connectivity index (χ3n) is 3.04. The van der Waals surface area contributed by atoms with Crippen LogP contribution in [0, 0.1) is 6.92 Å². The van der Waals surface area contributed by atoms with Gasteiger partial charge < -0.3 is 10.5 Å². The largest absolute Gasteiger partial charge is 0.487 e. The van der Waals surface area contributed by atoms with E-state index in [9.17, 15) is 0 Å². The summed E-state index contributed by atoms with van der Waals surface area (Å²) in [5.74, 6) is 0.791. The molecule has 0 saturated carbocycles.